The van der Waals surface area contributed by atoms with Crippen LogP contribution < -0.4 is 14.8 Å². The Bertz CT molecular complexity index is 986. The summed E-state index contributed by atoms with van der Waals surface area (Å²) in [5.41, 5.74) is -0.411. The number of alkyl halides is 3. The third-order valence-corrected chi connectivity index (χ3v) is 4.69. The zero-order chi connectivity index (χ0) is 19.0. The summed E-state index contributed by atoms with van der Waals surface area (Å²) in [4.78, 5) is 16.4. The van der Waals surface area contributed by atoms with Crippen molar-refractivity contribution < 1.29 is 27.4 Å². The van der Waals surface area contributed by atoms with Crippen molar-refractivity contribution in [2.45, 2.75) is 6.18 Å². The van der Waals surface area contributed by atoms with Crippen LogP contribution in [0, 0.1) is 0 Å². The van der Waals surface area contributed by atoms with Crippen molar-refractivity contribution in [2.24, 2.45) is 4.99 Å². The number of amidine groups is 1. The van der Waals surface area contributed by atoms with Crippen molar-refractivity contribution in [3.05, 3.63) is 58.5 Å². The Morgan fingerprint density at radius 3 is 2.70 bits per heavy atom. The Kier molecular flexibility index (Phi) is 4.31. The zero-order valence-electron chi connectivity index (χ0n) is 13.5. The number of amides is 1. The number of rotatable bonds is 2. The van der Waals surface area contributed by atoms with Crippen molar-refractivity contribution >= 4 is 34.6 Å². The van der Waals surface area contributed by atoms with E-state index < -0.39 is 17.6 Å². The third-order valence-electron chi connectivity index (χ3n) is 3.78. The largest absolute Gasteiger partial charge is 0.454 e. The predicted molar refractivity (Wildman–Crippen MR) is 94.8 cm³/mol. The molecule has 9 heteroatoms. The van der Waals surface area contributed by atoms with Gasteiger partial charge < -0.3 is 14.8 Å². The van der Waals surface area contributed by atoms with Gasteiger partial charge in [0.2, 0.25) is 6.79 Å². The Morgan fingerprint density at radius 1 is 1.11 bits per heavy atom. The molecule has 0 radical (unpaired) electrons. The molecule has 0 aromatic heterocycles. The second-order valence-electron chi connectivity index (χ2n) is 5.61. The van der Waals surface area contributed by atoms with Crippen LogP contribution in [-0.4, -0.2) is 17.9 Å². The number of aliphatic imine (C=N–C) groups is 1. The molecule has 1 fully saturated rings. The fraction of sp³-hybridized carbons (Fsp3) is 0.111. The van der Waals surface area contributed by atoms with Crippen molar-refractivity contribution in [3.8, 4) is 11.5 Å². The molecule has 0 aliphatic carbocycles. The minimum atomic E-state index is -4.53. The monoisotopic (exact) mass is 392 g/mol. The highest BCUT2D eigenvalue weighted by atomic mass is 32.2. The molecule has 0 spiro atoms. The van der Waals surface area contributed by atoms with Gasteiger partial charge in [-0.05, 0) is 47.7 Å². The number of benzene rings is 2. The molecule has 4 rings (SSSR count). The highest BCUT2D eigenvalue weighted by Gasteiger charge is 2.34. The van der Waals surface area contributed by atoms with Gasteiger partial charge in [-0.1, -0.05) is 18.2 Å². The van der Waals surface area contributed by atoms with E-state index in [0.717, 1.165) is 17.8 Å². The van der Waals surface area contributed by atoms with E-state index in [4.69, 9.17) is 9.47 Å². The first-order valence-corrected chi connectivity index (χ1v) is 8.57. The van der Waals surface area contributed by atoms with Crippen LogP contribution in [0.2, 0.25) is 0 Å². The molecule has 1 N–H and O–H groups in total. The Balaban J connectivity index is 1.61. The molecule has 138 valence electrons. The van der Waals surface area contributed by atoms with E-state index in [1.807, 2.05) is 0 Å². The van der Waals surface area contributed by atoms with Gasteiger partial charge in [0, 0.05) is 0 Å². The molecule has 0 bridgehead atoms. The summed E-state index contributed by atoms with van der Waals surface area (Å²) in [6.07, 6.45) is -2.92. The molecule has 2 heterocycles. The number of thioether (sulfide) groups is 1. The average molecular weight is 392 g/mol. The molecule has 2 aliphatic rings. The smallest absolute Gasteiger partial charge is 0.418 e. The van der Waals surface area contributed by atoms with Gasteiger partial charge in [-0.25, -0.2) is 4.99 Å². The number of carbonyl (C=O) groups excluding carboxylic acids is 1. The fourth-order valence-corrected chi connectivity index (χ4v) is 3.39. The number of para-hydroxylation sites is 1. The van der Waals surface area contributed by atoms with Crippen LogP contribution in [0.3, 0.4) is 0 Å². The lowest BCUT2D eigenvalue weighted by Gasteiger charge is -2.09. The molecule has 2 aromatic rings. The van der Waals surface area contributed by atoms with E-state index in [2.05, 4.69) is 10.3 Å². The van der Waals surface area contributed by atoms with Crippen LogP contribution >= 0.6 is 11.8 Å². The van der Waals surface area contributed by atoms with Crippen LogP contribution in [0.4, 0.5) is 18.9 Å². The number of hydrogen-bond donors (Lipinski definition) is 1. The zero-order valence-corrected chi connectivity index (χ0v) is 14.4. The normalized spacial score (nSPS) is 19.0. The number of carbonyl (C=O) groups is 1. The van der Waals surface area contributed by atoms with E-state index in [1.165, 1.54) is 18.2 Å². The van der Waals surface area contributed by atoms with Crippen LogP contribution in [0.1, 0.15) is 11.1 Å². The molecule has 1 saturated heterocycles. The Morgan fingerprint density at radius 2 is 1.89 bits per heavy atom. The maximum absolute atomic E-state index is 13.1. The van der Waals surface area contributed by atoms with E-state index in [9.17, 15) is 18.0 Å². The first-order chi connectivity index (χ1) is 12.9. The van der Waals surface area contributed by atoms with Gasteiger partial charge in [-0.3, -0.25) is 4.79 Å². The van der Waals surface area contributed by atoms with Gasteiger partial charge in [0.15, 0.2) is 16.7 Å². The lowest BCUT2D eigenvalue weighted by atomic mass is 10.2. The predicted octanol–water partition coefficient (Wildman–Crippen LogP) is 4.33. The van der Waals surface area contributed by atoms with Crippen LogP contribution in [0.5, 0.6) is 11.5 Å². The first kappa shape index (κ1) is 17.5. The third kappa shape index (κ3) is 3.63. The molecular formula is C18H11F3N2O3S. The first-order valence-electron chi connectivity index (χ1n) is 7.75. The van der Waals surface area contributed by atoms with Crippen molar-refractivity contribution in [1.82, 2.24) is 5.32 Å². The highest BCUT2D eigenvalue weighted by molar-refractivity contribution is 8.18. The second-order valence-corrected chi connectivity index (χ2v) is 6.64. The molecule has 27 heavy (non-hydrogen) atoms. The van der Waals surface area contributed by atoms with Crippen molar-refractivity contribution in [2.75, 3.05) is 6.79 Å². The fourth-order valence-electron chi connectivity index (χ4n) is 2.56. The number of nitrogens with one attached hydrogen (secondary N) is 1. The second kappa shape index (κ2) is 6.66. The molecule has 0 unspecified atom stereocenters. The number of nitrogens with zero attached hydrogens (tertiary/aromatic N) is 1. The van der Waals surface area contributed by atoms with E-state index in [-0.39, 0.29) is 17.6 Å². The quantitative estimate of drug-likeness (QED) is 0.773. The number of fused-ring (bicyclic) bond motifs is 1. The van der Waals surface area contributed by atoms with Gasteiger partial charge in [-0.15, -0.1) is 0 Å². The minimum Gasteiger partial charge on any atom is -0.454 e. The van der Waals surface area contributed by atoms with Gasteiger partial charge in [-0.2, -0.15) is 13.2 Å². The summed E-state index contributed by atoms with van der Waals surface area (Å²) < 4.78 is 49.7. The van der Waals surface area contributed by atoms with Crippen molar-refractivity contribution in [1.29, 1.82) is 0 Å². The Labute approximate surface area is 155 Å². The minimum absolute atomic E-state index is 0.0868. The topological polar surface area (TPSA) is 59.9 Å². The summed E-state index contributed by atoms with van der Waals surface area (Å²) in [6, 6.07) is 10.1. The van der Waals surface area contributed by atoms with Gasteiger partial charge >= 0.3 is 6.18 Å². The molecular weight excluding hydrogens is 381 g/mol. The van der Waals surface area contributed by atoms with Gasteiger partial charge in [0.05, 0.1) is 16.2 Å². The summed E-state index contributed by atoms with van der Waals surface area (Å²) in [5, 5.41) is 2.57. The SMILES string of the molecule is O=C1NC(=Nc2ccccc2C(F)(F)F)SC1=Cc1ccc2c(c1)OCO2. The summed E-state index contributed by atoms with van der Waals surface area (Å²) >= 11 is 0.972. The number of ether oxygens (including phenoxy) is 2. The standard InChI is InChI=1S/C18H11F3N2O3S/c19-18(20,21)11-3-1-2-4-12(11)22-17-23-16(24)15(27-17)8-10-5-6-13-14(7-10)26-9-25-13/h1-8H,9H2,(H,22,23,24). The van der Waals surface area contributed by atoms with Gasteiger partial charge in [0.25, 0.3) is 5.91 Å². The molecule has 5 nitrogen and oxygen atoms in total. The average Bonchev–Trinajstić information content (AvgIpc) is 3.21. The Hall–Kier alpha value is -2.94. The molecule has 2 aliphatic heterocycles. The van der Waals surface area contributed by atoms with Crippen LogP contribution in [-0.2, 0) is 11.0 Å². The highest BCUT2D eigenvalue weighted by Crippen LogP contribution is 2.38. The molecule has 1 amide bonds. The van der Waals surface area contributed by atoms with Crippen LogP contribution in [0.15, 0.2) is 52.4 Å². The maximum atomic E-state index is 13.1. The lowest BCUT2D eigenvalue weighted by Crippen LogP contribution is -2.19. The summed E-state index contributed by atoms with van der Waals surface area (Å²) in [7, 11) is 0. The molecule has 0 saturated carbocycles. The van der Waals surface area contributed by atoms with Gasteiger partial charge in [0.1, 0.15) is 0 Å². The summed E-state index contributed by atoms with van der Waals surface area (Å²) in [5.74, 6) is 0.758. The summed E-state index contributed by atoms with van der Waals surface area (Å²) in [6.45, 7) is 0.139. The van der Waals surface area contributed by atoms with E-state index in [0.29, 0.717) is 22.0 Å². The van der Waals surface area contributed by atoms with E-state index >= 15 is 0 Å². The maximum Gasteiger partial charge on any atom is 0.418 e. The lowest BCUT2D eigenvalue weighted by molar-refractivity contribution is -0.137. The number of hydrogen-bond acceptors (Lipinski definition) is 5. The van der Waals surface area contributed by atoms with E-state index in [1.54, 1.807) is 24.3 Å². The number of halogens is 3. The van der Waals surface area contributed by atoms with Crippen LogP contribution in [0.25, 0.3) is 6.08 Å². The molecule has 0 atom stereocenters. The van der Waals surface area contributed by atoms with Crippen molar-refractivity contribution in [3.63, 3.8) is 0 Å². The molecule has 2 aromatic carbocycles.